The number of rotatable bonds is 5. The van der Waals surface area contributed by atoms with E-state index < -0.39 is 0 Å². The summed E-state index contributed by atoms with van der Waals surface area (Å²) in [5.74, 6) is 0.843. The number of aryl methyl sites for hydroxylation is 1. The molecule has 5 nitrogen and oxygen atoms in total. The van der Waals surface area contributed by atoms with Gasteiger partial charge in [0.15, 0.2) is 0 Å². The summed E-state index contributed by atoms with van der Waals surface area (Å²) in [5, 5.41) is 2.86. The van der Waals surface area contributed by atoms with Crippen molar-refractivity contribution in [2.45, 2.75) is 26.3 Å². The first-order valence-corrected chi connectivity index (χ1v) is 7.59. The maximum atomic E-state index is 12.3. The van der Waals surface area contributed by atoms with Crippen LogP contribution in [0, 0.1) is 6.92 Å². The fraction of sp³-hybridized carbons (Fsp3) is 0.333. The number of urea groups is 1. The summed E-state index contributed by atoms with van der Waals surface area (Å²) in [6.07, 6.45) is 2.38. The lowest BCUT2D eigenvalue weighted by Crippen LogP contribution is -2.39. The number of likely N-dealkylation sites (N-methyl/N-ethyl adjacent to an activating group) is 1. The van der Waals surface area contributed by atoms with Gasteiger partial charge in [-0.3, -0.25) is 4.98 Å². The number of aromatic nitrogens is 1. The number of amides is 2. The molecule has 1 aromatic heterocycles. The number of methoxy groups -OCH3 is 1. The molecule has 0 fully saturated rings. The number of benzene rings is 1. The molecular formula is C18H23N3O2. The van der Waals surface area contributed by atoms with E-state index in [0.29, 0.717) is 5.69 Å². The minimum absolute atomic E-state index is 0.0321. The first-order valence-electron chi connectivity index (χ1n) is 7.59. The molecule has 0 unspecified atom stereocenters. The van der Waals surface area contributed by atoms with E-state index in [2.05, 4.69) is 10.3 Å². The van der Waals surface area contributed by atoms with Gasteiger partial charge in [0.1, 0.15) is 5.75 Å². The third-order valence-corrected chi connectivity index (χ3v) is 3.85. The van der Waals surface area contributed by atoms with Crippen LogP contribution in [0.5, 0.6) is 5.75 Å². The minimum atomic E-state index is -0.155. The van der Waals surface area contributed by atoms with Crippen LogP contribution in [0.3, 0.4) is 0 Å². The monoisotopic (exact) mass is 313 g/mol. The summed E-state index contributed by atoms with van der Waals surface area (Å²) < 4.78 is 5.37. The van der Waals surface area contributed by atoms with Gasteiger partial charge in [-0.15, -0.1) is 0 Å². The van der Waals surface area contributed by atoms with Gasteiger partial charge in [0.2, 0.25) is 0 Å². The van der Waals surface area contributed by atoms with Crippen LogP contribution in [-0.2, 0) is 6.42 Å². The molecule has 2 aromatic rings. The smallest absolute Gasteiger partial charge is 0.321 e. The fourth-order valence-electron chi connectivity index (χ4n) is 2.28. The molecule has 23 heavy (non-hydrogen) atoms. The van der Waals surface area contributed by atoms with Crippen molar-refractivity contribution in [1.29, 1.82) is 0 Å². The molecule has 2 amide bonds. The summed E-state index contributed by atoms with van der Waals surface area (Å²) in [5.41, 5.74) is 2.69. The van der Waals surface area contributed by atoms with Crippen molar-refractivity contribution in [3.63, 3.8) is 0 Å². The minimum Gasteiger partial charge on any atom is -0.496 e. The Morgan fingerprint density at radius 3 is 2.70 bits per heavy atom. The van der Waals surface area contributed by atoms with Gasteiger partial charge in [-0.1, -0.05) is 18.2 Å². The number of nitrogens with zero attached hydrogens (tertiary/aromatic N) is 2. The van der Waals surface area contributed by atoms with Crippen molar-refractivity contribution in [3.8, 4) is 5.75 Å². The zero-order valence-electron chi connectivity index (χ0n) is 14.0. The molecule has 122 valence electrons. The van der Waals surface area contributed by atoms with Gasteiger partial charge in [-0.2, -0.15) is 0 Å². The lowest BCUT2D eigenvalue weighted by atomic mass is 10.1. The molecule has 0 aliphatic heterocycles. The SMILES string of the molecule is COc1ccccc1C[C@@H](C)N(C)C(=O)Nc1ccc(C)nc1. The Labute approximate surface area is 137 Å². The van der Waals surface area contributed by atoms with Crippen molar-refractivity contribution in [3.05, 3.63) is 53.9 Å². The van der Waals surface area contributed by atoms with Gasteiger partial charge in [0, 0.05) is 18.8 Å². The van der Waals surface area contributed by atoms with E-state index in [1.807, 2.05) is 50.2 Å². The Hall–Kier alpha value is -2.56. The van der Waals surface area contributed by atoms with Crippen molar-refractivity contribution in [2.75, 3.05) is 19.5 Å². The molecular weight excluding hydrogens is 290 g/mol. The van der Waals surface area contributed by atoms with Gasteiger partial charge >= 0.3 is 6.03 Å². The number of carbonyl (C=O) groups is 1. The second kappa shape index (κ2) is 7.63. The second-order valence-electron chi connectivity index (χ2n) is 5.59. The van der Waals surface area contributed by atoms with Crippen LogP contribution in [0.25, 0.3) is 0 Å². The number of ether oxygens (including phenoxy) is 1. The van der Waals surface area contributed by atoms with E-state index in [0.717, 1.165) is 23.4 Å². The Kier molecular flexibility index (Phi) is 5.57. The highest BCUT2D eigenvalue weighted by Crippen LogP contribution is 2.20. The molecule has 0 saturated heterocycles. The van der Waals surface area contributed by atoms with Crippen molar-refractivity contribution in [1.82, 2.24) is 9.88 Å². The number of anilines is 1. The molecule has 1 aromatic carbocycles. The summed E-state index contributed by atoms with van der Waals surface area (Å²) in [6, 6.07) is 11.5. The third-order valence-electron chi connectivity index (χ3n) is 3.85. The van der Waals surface area contributed by atoms with E-state index in [4.69, 9.17) is 4.74 Å². The third kappa shape index (κ3) is 4.45. The zero-order valence-corrected chi connectivity index (χ0v) is 14.0. The molecule has 0 bridgehead atoms. The Bertz CT molecular complexity index is 656. The van der Waals surface area contributed by atoms with E-state index in [-0.39, 0.29) is 12.1 Å². The van der Waals surface area contributed by atoms with E-state index in [1.54, 1.807) is 25.3 Å². The topological polar surface area (TPSA) is 54.5 Å². The van der Waals surface area contributed by atoms with Crippen molar-refractivity contribution in [2.24, 2.45) is 0 Å². The highest BCUT2D eigenvalue weighted by Gasteiger charge is 2.17. The molecule has 1 N–H and O–H groups in total. The van der Waals surface area contributed by atoms with Crippen molar-refractivity contribution >= 4 is 11.7 Å². The quantitative estimate of drug-likeness (QED) is 0.919. The van der Waals surface area contributed by atoms with Crippen LogP contribution in [0.15, 0.2) is 42.6 Å². The lowest BCUT2D eigenvalue weighted by molar-refractivity contribution is 0.207. The lowest BCUT2D eigenvalue weighted by Gasteiger charge is -2.26. The largest absolute Gasteiger partial charge is 0.496 e. The first kappa shape index (κ1) is 16.8. The highest BCUT2D eigenvalue weighted by atomic mass is 16.5. The molecule has 0 saturated carbocycles. The maximum Gasteiger partial charge on any atom is 0.321 e. The molecule has 1 atom stereocenters. The number of carbonyl (C=O) groups excluding carboxylic acids is 1. The summed E-state index contributed by atoms with van der Waals surface area (Å²) in [4.78, 5) is 18.2. The predicted molar refractivity (Wildman–Crippen MR) is 91.9 cm³/mol. The van der Waals surface area contributed by atoms with Gasteiger partial charge in [-0.25, -0.2) is 4.79 Å². The molecule has 1 heterocycles. The van der Waals surface area contributed by atoms with E-state index >= 15 is 0 Å². The predicted octanol–water partition coefficient (Wildman–Crippen LogP) is 3.49. The fourth-order valence-corrected chi connectivity index (χ4v) is 2.28. The van der Waals surface area contributed by atoms with Crippen LogP contribution >= 0.6 is 0 Å². The Morgan fingerprint density at radius 1 is 1.30 bits per heavy atom. The van der Waals surface area contributed by atoms with Crippen LogP contribution in [0.2, 0.25) is 0 Å². The van der Waals surface area contributed by atoms with Gasteiger partial charge in [0.05, 0.1) is 19.0 Å². The Morgan fingerprint density at radius 2 is 2.04 bits per heavy atom. The molecule has 0 aliphatic carbocycles. The second-order valence-corrected chi connectivity index (χ2v) is 5.59. The van der Waals surface area contributed by atoms with Crippen LogP contribution < -0.4 is 10.1 Å². The van der Waals surface area contributed by atoms with E-state index in [9.17, 15) is 4.79 Å². The van der Waals surface area contributed by atoms with Gasteiger partial charge in [0.25, 0.3) is 0 Å². The number of para-hydroxylation sites is 1. The number of nitrogens with one attached hydrogen (secondary N) is 1. The summed E-state index contributed by atoms with van der Waals surface area (Å²) in [6.45, 7) is 3.92. The average Bonchev–Trinajstić information content (AvgIpc) is 2.56. The normalized spacial score (nSPS) is 11.7. The summed E-state index contributed by atoms with van der Waals surface area (Å²) in [7, 11) is 3.45. The Balaban J connectivity index is 1.99. The zero-order chi connectivity index (χ0) is 16.8. The standard InChI is InChI=1S/C18H23N3O2/c1-13-9-10-16(12-19-13)20-18(22)21(3)14(2)11-15-7-5-6-8-17(15)23-4/h5-10,12,14H,11H2,1-4H3,(H,20,22)/t14-/m1/s1. The summed E-state index contributed by atoms with van der Waals surface area (Å²) >= 11 is 0. The molecule has 0 spiro atoms. The number of hydrogen-bond donors (Lipinski definition) is 1. The molecule has 0 aliphatic rings. The highest BCUT2D eigenvalue weighted by molar-refractivity contribution is 5.89. The van der Waals surface area contributed by atoms with Crippen LogP contribution in [-0.4, -0.2) is 36.1 Å². The van der Waals surface area contributed by atoms with E-state index in [1.165, 1.54) is 0 Å². The average molecular weight is 313 g/mol. The van der Waals surface area contributed by atoms with Crippen molar-refractivity contribution < 1.29 is 9.53 Å². The van der Waals surface area contributed by atoms with Gasteiger partial charge < -0.3 is 15.0 Å². The molecule has 5 heteroatoms. The molecule has 0 radical (unpaired) electrons. The van der Waals surface area contributed by atoms with Gasteiger partial charge in [-0.05, 0) is 44.0 Å². The molecule has 2 rings (SSSR count). The number of pyridine rings is 1. The van der Waals surface area contributed by atoms with Crippen LogP contribution in [0.4, 0.5) is 10.5 Å². The first-order chi connectivity index (χ1) is 11.0. The maximum absolute atomic E-state index is 12.3. The number of hydrogen-bond acceptors (Lipinski definition) is 3. The van der Waals surface area contributed by atoms with Crippen LogP contribution in [0.1, 0.15) is 18.2 Å².